The number of hydrogen-bond donors (Lipinski definition) is 1. The summed E-state index contributed by atoms with van der Waals surface area (Å²) in [5.74, 6) is 0.126. The fourth-order valence-corrected chi connectivity index (χ4v) is 2.34. The third kappa shape index (κ3) is 1.54. The van der Waals surface area contributed by atoms with Crippen molar-refractivity contribution < 1.29 is 4.79 Å². The van der Waals surface area contributed by atoms with Gasteiger partial charge in [0.15, 0.2) is 5.78 Å². The SMILES string of the molecule is O=C1c2ccccc2NC1SCCl. The fourth-order valence-electron chi connectivity index (χ4n) is 1.35. The summed E-state index contributed by atoms with van der Waals surface area (Å²) in [6, 6.07) is 7.51. The number of ketones is 1. The lowest BCUT2D eigenvalue weighted by atomic mass is 10.1. The average molecular weight is 214 g/mol. The summed E-state index contributed by atoms with van der Waals surface area (Å²) >= 11 is 6.97. The summed E-state index contributed by atoms with van der Waals surface area (Å²) in [5.41, 5.74) is 1.68. The van der Waals surface area contributed by atoms with E-state index in [0.29, 0.717) is 5.21 Å². The van der Waals surface area contributed by atoms with Crippen LogP contribution in [0, 0.1) is 0 Å². The van der Waals surface area contributed by atoms with E-state index in [2.05, 4.69) is 5.32 Å². The van der Waals surface area contributed by atoms with E-state index in [9.17, 15) is 4.79 Å². The van der Waals surface area contributed by atoms with Crippen LogP contribution in [0.3, 0.4) is 0 Å². The van der Waals surface area contributed by atoms with Crippen LogP contribution < -0.4 is 5.32 Å². The molecule has 1 unspecified atom stereocenters. The second-order valence-electron chi connectivity index (χ2n) is 2.71. The van der Waals surface area contributed by atoms with E-state index in [1.54, 1.807) is 0 Å². The van der Waals surface area contributed by atoms with Crippen LogP contribution in [0.4, 0.5) is 5.69 Å². The first-order chi connectivity index (χ1) is 6.33. The second kappa shape index (κ2) is 3.60. The summed E-state index contributed by atoms with van der Waals surface area (Å²) in [5, 5.41) is 3.34. The number of Topliss-reactive ketones (excluding diaryl/α,β-unsaturated/α-hetero) is 1. The Hall–Kier alpha value is -0.670. The van der Waals surface area contributed by atoms with Gasteiger partial charge in [0.05, 0.1) is 5.21 Å². The Morgan fingerprint density at radius 1 is 1.46 bits per heavy atom. The van der Waals surface area contributed by atoms with Gasteiger partial charge in [0.1, 0.15) is 5.37 Å². The lowest BCUT2D eigenvalue weighted by molar-refractivity contribution is 0.100. The minimum absolute atomic E-state index is 0.126. The predicted molar refractivity (Wildman–Crippen MR) is 56.5 cm³/mol. The number of nitrogens with one attached hydrogen (secondary N) is 1. The summed E-state index contributed by atoms with van der Waals surface area (Å²) in [6.45, 7) is 0. The van der Waals surface area contributed by atoms with Crippen LogP contribution in [0.1, 0.15) is 10.4 Å². The lowest BCUT2D eigenvalue weighted by Gasteiger charge is -2.05. The molecule has 0 spiro atoms. The van der Waals surface area contributed by atoms with E-state index in [1.807, 2.05) is 24.3 Å². The Morgan fingerprint density at radius 3 is 2.92 bits per heavy atom. The summed E-state index contributed by atoms with van der Waals surface area (Å²) in [4.78, 5) is 11.6. The molecule has 0 saturated heterocycles. The number of thioether (sulfide) groups is 1. The summed E-state index contributed by atoms with van der Waals surface area (Å²) in [7, 11) is 0. The molecule has 0 bridgehead atoms. The number of rotatable bonds is 2. The van der Waals surface area contributed by atoms with Crippen LogP contribution in [-0.2, 0) is 0 Å². The standard InChI is InChI=1S/C9H8ClNOS/c10-5-13-9-8(12)6-3-1-2-4-7(6)11-9/h1-4,9,11H,5H2. The topological polar surface area (TPSA) is 29.1 Å². The Morgan fingerprint density at radius 2 is 2.23 bits per heavy atom. The predicted octanol–water partition coefficient (Wildman–Crippen LogP) is 2.55. The van der Waals surface area contributed by atoms with Crippen molar-refractivity contribution in [2.24, 2.45) is 0 Å². The quantitative estimate of drug-likeness (QED) is 0.766. The molecular weight excluding hydrogens is 206 g/mol. The first-order valence-corrected chi connectivity index (χ1v) is 5.48. The first-order valence-electron chi connectivity index (χ1n) is 3.90. The zero-order chi connectivity index (χ0) is 9.26. The van der Waals surface area contributed by atoms with Gasteiger partial charge in [-0.05, 0) is 12.1 Å². The molecule has 2 rings (SSSR count). The van der Waals surface area contributed by atoms with Crippen LogP contribution in [0.2, 0.25) is 0 Å². The van der Waals surface area contributed by atoms with E-state index >= 15 is 0 Å². The first kappa shape index (κ1) is 8.91. The summed E-state index contributed by atoms with van der Waals surface area (Å²) < 4.78 is 0. The van der Waals surface area contributed by atoms with Crippen molar-refractivity contribution in [3.8, 4) is 0 Å². The van der Waals surface area contributed by atoms with Gasteiger partial charge in [-0.1, -0.05) is 12.1 Å². The molecule has 0 saturated carbocycles. The summed E-state index contributed by atoms with van der Waals surface area (Å²) in [6.07, 6.45) is 0. The molecule has 0 aliphatic carbocycles. The van der Waals surface area contributed by atoms with Crippen molar-refractivity contribution in [1.29, 1.82) is 0 Å². The van der Waals surface area contributed by atoms with Crippen LogP contribution in [0.5, 0.6) is 0 Å². The molecule has 13 heavy (non-hydrogen) atoms. The molecule has 1 aromatic rings. The van der Waals surface area contributed by atoms with Gasteiger partial charge in [-0.15, -0.1) is 23.4 Å². The Balaban J connectivity index is 2.28. The minimum atomic E-state index is -0.199. The highest BCUT2D eigenvalue weighted by Gasteiger charge is 2.29. The van der Waals surface area contributed by atoms with Crippen molar-refractivity contribution in [2.75, 3.05) is 10.5 Å². The van der Waals surface area contributed by atoms with Gasteiger partial charge in [-0.3, -0.25) is 4.79 Å². The molecule has 1 atom stereocenters. The van der Waals surface area contributed by atoms with Crippen molar-refractivity contribution in [3.05, 3.63) is 29.8 Å². The molecular formula is C9H8ClNOS. The number of carbonyl (C=O) groups is 1. The maximum atomic E-state index is 11.6. The van der Waals surface area contributed by atoms with E-state index < -0.39 is 0 Å². The van der Waals surface area contributed by atoms with Crippen LogP contribution in [0.15, 0.2) is 24.3 Å². The van der Waals surface area contributed by atoms with Crippen molar-refractivity contribution >= 4 is 34.8 Å². The second-order valence-corrected chi connectivity index (χ2v) is 4.39. The van der Waals surface area contributed by atoms with Gasteiger partial charge in [0.2, 0.25) is 0 Å². The lowest BCUT2D eigenvalue weighted by Crippen LogP contribution is -2.17. The van der Waals surface area contributed by atoms with E-state index in [4.69, 9.17) is 11.6 Å². The molecule has 68 valence electrons. The highest BCUT2D eigenvalue weighted by molar-refractivity contribution is 8.01. The van der Waals surface area contributed by atoms with Crippen molar-refractivity contribution in [3.63, 3.8) is 0 Å². The van der Waals surface area contributed by atoms with E-state index in [-0.39, 0.29) is 11.2 Å². The Labute approximate surface area is 85.7 Å². The van der Waals surface area contributed by atoms with Gasteiger partial charge in [-0.2, -0.15) is 0 Å². The largest absolute Gasteiger partial charge is 0.366 e. The molecule has 1 aliphatic rings. The molecule has 2 nitrogen and oxygen atoms in total. The number of halogens is 1. The van der Waals surface area contributed by atoms with Crippen molar-refractivity contribution in [1.82, 2.24) is 0 Å². The van der Waals surface area contributed by atoms with Crippen LogP contribution in [-0.4, -0.2) is 16.4 Å². The zero-order valence-corrected chi connectivity index (χ0v) is 8.36. The molecule has 0 aromatic heterocycles. The smallest absolute Gasteiger partial charge is 0.197 e. The number of anilines is 1. The Kier molecular flexibility index (Phi) is 2.47. The normalized spacial score (nSPS) is 19.8. The number of hydrogen-bond acceptors (Lipinski definition) is 3. The molecule has 4 heteroatoms. The number of alkyl halides is 1. The molecule has 0 radical (unpaired) electrons. The third-order valence-electron chi connectivity index (χ3n) is 1.95. The highest BCUT2D eigenvalue weighted by Crippen LogP contribution is 2.30. The van der Waals surface area contributed by atoms with Gasteiger partial charge < -0.3 is 5.32 Å². The Bertz CT molecular complexity index is 342. The van der Waals surface area contributed by atoms with Gasteiger partial charge in [0, 0.05) is 11.3 Å². The number of para-hydroxylation sites is 1. The molecule has 1 heterocycles. The maximum absolute atomic E-state index is 11.6. The molecule has 1 aliphatic heterocycles. The number of fused-ring (bicyclic) bond motifs is 1. The molecule has 1 N–H and O–H groups in total. The van der Waals surface area contributed by atoms with Crippen LogP contribution in [0.25, 0.3) is 0 Å². The van der Waals surface area contributed by atoms with Gasteiger partial charge in [-0.25, -0.2) is 0 Å². The van der Waals surface area contributed by atoms with Crippen molar-refractivity contribution in [2.45, 2.75) is 5.37 Å². The van der Waals surface area contributed by atoms with Crippen LogP contribution >= 0.6 is 23.4 Å². The highest BCUT2D eigenvalue weighted by atomic mass is 35.5. The number of benzene rings is 1. The van der Waals surface area contributed by atoms with Gasteiger partial charge in [0.25, 0.3) is 0 Å². The number of carbonyl (C=O) groups excluding carboxylic acids is 1. The molecule has 0 fully saturated rings. The monoisotopic (exact) mass is 213 g/mol. The molecule has 1 aromatic carbocycles. The zero-order valence-electron chi connectivity index (χ0n) is 6.79. The van der Waals surface area contributed by atoms with E-state index in [1.165, 1.54) is 11.8 Å². The van der Waals surface area contributed by atoms with Gasteiger partial charge >= 0.3 is 0 Å². The molecule has 0 amide bonds. The maximum Gasteiger partial charge on any atom is 0.197 e. The fraction of sp³-hybridized carbons (Fsp3) is 0.222. The minimum Gasteiger partial charge on any atom is -0.366 e. The third-order valence-corrected chi connectivity index (χ3v) is 3.12. The van der Waals surface area contributed by atoms with E-state index in [0.717, 1.165) is 11.3 Å². The average Bonchev–Trinajstić information content (AvgIpc) is 2.46.